The lowest BCUT2D eigenvalue weighted by atomic mass is 9.77. The second-order valence-electron chi connectivity index (χ2n) is 34.7. The minimum atomic E-state index is -2.48. The van der Waals surface area contributed by atoms with E-state index in [4.69, 9.17) is 58.2 Å². The third-order valence-corrected chi connectivity index (χ3v) is 24.9. The van der Waals surface area contributed by atoms with E-state index in [1.54, 1.807) is 81.0 Å². The van der Waals surface area contributed by atoms with Crippen LogP contribution in [0.1, 0.15) is 161 Å². The predicted octanol–water partition coefficient (Wildman–Crippen LogP) is 8.80. The number of aromatic nitrogens is 12. The molecule has 0 unspecified atom stereocenters. The number of aromatic amines is 1. The van der Waals surface area contributed by atoms with Crippen molar-refractivity contribution < 1.29 is 96.2 Å². The van der Waals surface area contributed by atoms with Gasteiger partial charge < -0.3 is 99.6 Å². The number of hydrogen-bond acceptors (Lipinski definition) is 32. The maximum Gasteiger partial charge on any atom is 0.329 e. The van der Waals surface area contributed by atoms with Gasteiger partial charge in [0.1, 0.15) is 59.4 Å². The van der Waals surface area contributed by atoms with Gasteiger partial charge in [0, 0.05) is 139 Å². The molecular weight excluding hydrogens is 1700 g/mol. The first kappa shape index (κ1) is 102. The number of nitrogens with two attached hydrogens (primary N) is 1. The molecule has 2 bridgehead atoms. The predicted molar refractivity (Wildman–Crippen MR) is 490 cm³/mol. The Hall–Kier alpha value is -10.8. The Balaban J connectivity index is 0.554. The van der Waals surface area contributed by atoms with Crippen LogP contribution in [-0.4, -0.2) is 289 Å². The van der Waals surface area contributed by atoms with Gasteiger partial charge in [-0.3, -0.25) is 28.8 Å². The highest BCUT2D eigenvalue weighted by Crippen LogP contribution is 2.41. The summed E-state index contributed by atoms with van der Waals surface area (Å²) >= 11 is 0. The number of nitrogens with zero attached hydrogens (tertiary/aromatic N) is 12. The maximum atomic E-state index is 14.9. The number of benzene rings is 1. The standard InChI is InChI=1S/C94H132N18O20/c1-58-18-12-11-13-19-59(2)77(123-8)50-70-24-21-64(7)94(122,132-70)86(118)90(120)110-32-16-14-20-75(110)91(121)131-78(51-76(114)60(3)45-63(6)84(117)85(125-10)83(116)62(5)44-58)61(4)46-65-22-26-74(79(47-65)124-9)112-56-73(107-109-112)67-52-100-92(101-53-67)98-29-30-99-93-102-54-68(55-103-93)89(119)97-31-35-127-37-39-129-41-43-130-42-40-128-38-36-126-34-27-80(115)96-28-15-17-33-111-88-81(87(95)104-57-105-88)82(108-111)72-49-66-48-69(113)23-25-71(66)106-72/h11-13,18-19,23,25,45,48-49,52-58,60-62,64-65,70,74-75,77-79,84-85,106,113,117,122H,14-17,20-22,24,26-44,46-47,50-51H2,1-10H3,(H,96,115)(H,97,119)(H2,95,104,105)(H,98,100,101)(H,99,102,103)/b13-11?,18-12+,59-19?,63-45+/t58-,60-,61-,62-,64-,65+,70+,74+,75+,77+,78+,79-,84-,85+,94-/m1/s1. The molecule has 10 N–H and O–H groups in total. The molecule has 2 saturated heterocycles. The smallest absolute Gasteiger partial charge is 0.329 e. The summed E-state index contributed by atoms with van der Waals surface area (Å²) in [4.78, 5) is 129. The van der Waals surface area contributed by atoms with Crippen LogP contribution in [0, 0.1) is 35.5 Å². The number of phenolic OH excluding ortho intramolecular Hbond substituents is 1. The number of esters is 1. The Labute approximate surface area is 769 Å². The number of carbonyl (C=O) groups excluding carboxylic acids is 7. The summed E-state index contributed by atoms with van der Waals surface area (Å²) in [5.41, 5.74) is 11.8. The molecule has 3 aliphatic heterocycles. The topological polar surface area (TPSA) is 492 Å². The van der Waals surface area contributed by atoms with Gasteiger partial charge in [-0.25, -0.2) is 44.1 Å². The number of ketones is 3. The van der Waals surface area contributed by atoms with Crippen molar-refractivity contribution in [1.82, 2.24) is 75.2 Å². The lowest BCUT2D eigenvalue weighted by molar-refractivity contribution is -0.265. The Kier molecular flexibility index (Phi) is 39.2. The lowest BCUT2D eigenvalue weighted by Crippen LogP contribution is -2.61. The first-order valence-electron chi connectivity index (χ1n) is 46.0. The normalized spacial score (nSPS) is 25.2. The molecule has 132 heavy (non-hydrogen) atoms. The highest BCUT2D eigenvalue weighted by molar-refractivity contribution is 6.39. The van der Waals surface area contributed by atoms with Gasteiger partial charge in [0.25, 0.3) is 17.6 Å². The van der Waals surface area contributed by atoms with E-state index in [9.17, 15) is 48.9 Å². The van der Waals surface area contributed by atoms with Crippen LogP contribution < -0.4 is 27.0 Å². The zero-order valence-electron chi connectivity index (χ0n) is 77.5. The number of H-pyrrole nitrogens is 1. The van der Waals surface area contributed by atoms with Gasteiger partial charge in [-0.2, -0.15) is 5.10 Å². The number of aliphatic hydroxyl groups excluding tert-OH is 1. The third kappa shape index (κ3) is 28.6. The van der Waals surface area contributed by atoms with Crippen LogP contribution >= 0.6 is 0 Å². The van der Waals surface area contributed by atoms with Crippen molar-refractivity contribution in [3.8, 4) is 28.4 Å². The molecule has 1 aromatic carbocycles. The fraction of sp³-hybridized carbons (Fsp3) is 0.596. The van der Waals surface area contributed by atoms with E-state index >= 15 is 0 Å². The van der Waals surface area contributed by atoms with E-state index in [-0.39, 0.29) is 111 Å². The van der Waals surface area contributed by atoms with Gasteiger partial charge in [0.05, 0.1) is 113 Å². The van der Waals surface area contributed by atoms with Gasteiger partial charge >= 0.3 is 5.97 Å². The number of allylic oxidation sites excluding steroid dienone is 6. The zero-order valence-corrected chi connectivity index (χ0v) is 77.5. The van der Waals surface area contributed by atoms with Gasteiger partial charge in [-0.15, -0.1) is 5.10 Å². The van der Waals surface area contributed by atoms with Crippen molar-refractivity contribution in [2.75, 3.05) is 136 Å². The molecule has 11 rings (SSSR count). The van der Waals surface area contributed by atoms with E-state index < -0.39 is 83.7 Å². The molecule has 38 nitrogen and oxygen atoms in total. The van der Waals surface area contributed by atoms with Crippen molar-refractivity contribution in [1.29, 1.82) is 0 Å². The van der Waals surface area contributed by atoms with E-state index in [1.165, 1.54) is 30.7 Å². The number of aliphatic hydroxyl groups is 2. The first-order chi connectivity index (χ1) is 63.7. The molecule has 9 heterocycles. The van der Waals surface area contributed by atoms with Crippen LogP contribution in [0.2, 0.25) is 0 Å². The van der Waals surface area contributed by atoms with Crippen molar-refractivity contribution in [3.63, 3.8) is 0 Å². The number of fused-ring (bicyclic) bond motifs is 5. The number of rotatable bonds is 38. The number of Topliss-reactive ketones (excluding diaryl/α,β-unsaturated/α-hetero) is 3. The molecule has 3 fully saturated rings. The summed E-state index contributed by atoms with van der Waals surface area (Å²) in [6.07, 6.45) is 22.4. The van der Waals surface area contributed by atoms with Crippen LogP contribution in [0.25, 0.3) is 44.6 Å². The minimum Gasteiger partial charge on any atom is -0.508 e. The second kappa shape index (κ2) is 50.9. The van der Waals surface area contributed by atoms with Crippen molar-refractivity contribution in [3.05, 3.63) is 115 Å². The number of methoxy groups -OCH3 is 3. The average molecular weight is 1830 g/mol. The number of aryl methyl sites for hydroxylation is 1. The highest BCUT2D eigenvalue weighted by atomic mass is 16.6. The molecule has 38 heteroatoms. The monoisotopic (exact) mass is 1830 g/mol. The van der Waals surface area contributed by atoms with Crippen LogP contribution in [0.15, 0.2) is 109 Å². The molecular formula is C94H132N18O20. The number of anilines is 3. The quantitative estimate of drug-likeness (QED) is 0.00755. The average Bonchev–Trinajstić information content (AvgIpc) is 1.57. The lowest BCUT2D eigenvalue weighted by Gasteiger charge is -2.42. The van der Waals surface area contributed by atoms with Crippen LogP contribution in [0.5, 0.6) is 5.75 Å². The number of aromatic hydroxyl groups is 1. The van der Waals surface area contributed by atoms with Crippen molar-refractivity contribution in [2.24, 2.45) is 35.5 Å². The molecule has 0 radical (unpaired) electrons. The Morgan fingerprint density at radius 3 is 2.13 bits per heavy atom. The summed E-state index contributed by atoms with van der Waals surface area (Å²) in [6, 6.07) is 5.59. The molecule has 1 aliphatic carbocycles. The summed E-state index contributed by atoms with van der Waals surface area (Å²) in [5, 5.41) is 61.2. The van der Waals surface area contributed by atoms with E-state index in [0.29, 0.717) is 182 Å². The van der Waals surface area contributed by atoms with Crippen LogP contribution in [-0.2, 0) is 82.7 Å². The maximum absolute atomic E-state index is 14.9. The Bertz CT molecular complexity index is 5040. The molecule has 718 valence electrons. The largest absolute Gasteiger partial charge is 0.508 e. The molecule has 4 aliphatic rings. The highest BCUT2D eigenvalue weighted by Gasteiger charge is 2.53. The number of phenols is 1. The molecule has 6 aromatic heterocycles. The SMILES string of the molecule is CO[C@H]1C[C@@H]2CC[C@@H](C)[C@@](O)(O2)C(=O)C(=O)N2CCCC[C@H]2C(=O)O[C@H]([C@H](C)C[C@@H]2CC[C@H](n3cc(-c4cnc(NCCNc5ncc(C(=O)NCCOCCOCCOCCOCCOCCC(=O)NCCCCn6nc(-c7cc8cc(O)ccc8[nH]7)c7c(N)ncnc76)cn5)nc4)nn3)[C@H](OC)C2)CC(=O)[C@H](C)/C=C(\C)[C@@H](O)[C@@H](OC)C(=O)[C@H](C)C[C@H](C)/C=C/C=CC=C1C. The summed E-state index contributed by atoms with van der Waals surface area (Å²) in [5.74, 6) is -7.78. The van der Waals surface area contributed by atoms with E-state index in [0.717, 1.165) is 41.4 Å². The van der Waals surface area contributed by atoms with Crippen LogP contribution in [0.3, 0.4) is 0 Å². The van der Waals surface area contributed by atoms with Crippen LogP contribution in [0.4, 0.5) is 17.7 Å². The summed E-state index contributed by atoms with van der Waals surface area (Å²) in [7, 11) is 4.60. The van der Waals surface area contributed by atoms with E-state index in [1.807, 2.05) is 70.3 Å². The fourth-order valence-corrected chi connectivity index (χ4v) is 17.2. The first-order valence-corrected chi connectivity index (χ1v) is 46.0. The second-order valence-corrected chi connectivity index (χ2v) is 34.7. The van der Waals surface area contributed by atoms with Crippen molar-refractivity contribution >= 4 is 80.7 Å². The molecule has 1 saturated carbocycles. The molecule has 7 aromatic rings. The molecule has 0 spiro atoms. The van der Waals surface area contributed by atoms with Crippen molar-refractivity contribution in [2.45, 2.75) is 206 Å². The van der Waals surface area contributed by atoms with E-state index in [2.05, 4.69) is 66.5 Å². The van der Waals surface area contributed by atoms with Gasteiger partial charge in [-0.1, -0.05) is 76.3 Å². The number of hydrogen-bond donors (Lipinski definition) is 9. The minimum absolute atomic E-state index is 0.0189. The number of amides is 3. The summed E-state index contributed by atoms with van der Waals surface area (Å²) in [6.45, 7) is 18.3. The number of piperidine rings is 1. The number of nitrogens with one attached hydrogen (secondary N) is 5. The van der Waals surface area contributed by atoms with Gasteiger partial charge in [0.15, 0.2) is 11.4 Å². The fourth-order valence-electron chi connectivity index (χ4n) is 17.2. The number of carbonyl (C=O) groups is 7. The van der Waals surface area contributed by atoms with Gasteiger partial charge in [0.2, 0.25) is 23.6 Å². The summed E-state index contributed by atoms with van der Waals surface area (Å²) < 4.78 is 62.0. The number of ether oxygens (including phenoxy) is 10. The Morgan fingerprint density at radius 1 is 0.735 bits per heavy atom. The molecule has 15 atom stereocenters. The third-order valence-electron chi connectivity index (χ3n) is 24.9. The zero-order chi connectivity index (χ0) is 94.2. The Morgan fingerprint density at radius 2 is 1.43 bits per heavy atom. The van der Waals surface area contributed by atoms with Gasteiger partial charge in [-0.05, 0) is 144 Å². The molecule has 3 amide bonds. The number of cyclic esters (lactones) is 1. The number of nitrogen functional groups attached to an aromatic ring is 1. The number of unbranched alkanes of at least 4 members (excludes halogenated alkanes) is 1.